The van der Waals surface area contributed by atoms with Gasteiger partial charge in [0.25, 0.3) is 0 Å². The van der Waals surface area contributed by atoms with Crippen LogP contribution < -0.4 is 0 Å². The second kappa shape index (κ2) is 13.1. The van der Waals surface area contributed by atoms with Gasteiger partial charge in [0.05, 0.1) is 5.69 Å². The lowest BCUT2D eigenvalue weighted by Gasteiger charge is -2.18. The van der Waals surface area contributed by atoms with Gasteiger partial charge in [-0.2, -0.15) is 0 Å². The van der Waals surface area contributed by atoms with Crippen molar-refractivity contribution in [3.63, 3.8) is 0 Å². The molecule has 1 unspecified atom stereocenters. The molecule has 1 atom stereocenters. The number of hydrogen-bond acceptors (Lipinski definition) is 3. The minimum atomic E-state index is -0.349. The summed E-state index contributed by atoms with van der Waals surface area (Å²) in [4.78, 5) is 16.3. The summed E-state index contributed by atoms with van der Waals surface area (Å²) in [6.07, 6.45) is 13.7. The van der Waals surface area contributed by atoms with Crippen molar-refractivity contribution in [3.05, 3.63) is 40.6 Å². The Balaban J connectivity index is 2.40. The van der Waals surface area contributed by atoms with Crippen molar-refractivity contribution < 1.29 is 9.53 Å². The van der Waals surface area contributed by atoms with E-state index < -0.39 is 0 Å². The molecule has 0 saturated carbocycles. The molecule has 0 amide bonds. The first-order valence-electron chi connectivity index (χ1n) is 9.53. The fourth-order valence-corrected chi connectivity index (χ4v) is 3.27. The van der Waals surface area contributed by atoms with E-state index in [1.165, 1.54) is 51.4 Å². The van der Waals surface area contributed by atoms with Gasteiger partial charge in [0, 0.05) is 16.2 Å². The molecular weight excluding hydrogens is 378 g/mol. The Bertz CT molecular complexity index is 530. The van der Waals surface area contributed by atoms with Gasteiger partial charge in [0.1, 0.15) is 6.10 Å². The Morgan fingerprint density at radius 1 is 1.16 bits per heavy atom. The minimum Gasteiger partial charge on any atom is -0.452 e. The normalized spacial score (nSPS) is 12.0. The standard InChI is InChI=1S/C21H32BrNO2/c1-4-5-6-7-8-9-10-11-12-15-19(25-21(24)17(2)3)20-18(22)14-13-16-23-20/h13-14,16,19H,2,4-12,15H2,1,3H3. The molecule has 1 aromatic heterocycles. The van der Waals surface area contributed by atoms with Crippen molar-refractivity contribution in [1.29, 1.82) is 0 Å². The number of carbonyl (C=O) groups is 1. The number of hydrogen-bond donors (Lipinski definition) is 0. The van der Waals surface area contributed by atoms with Crippen LogP contribution in [0.1, 0.15) is 89.9 Å². The predicted octanol–water partition coefficient (Wildman–Crippen LogP) is 6.93. The molecule has 0 fully saturated rings. The number of nitrogens with zero attached hydrogens (tertiary/aromatic N) is 1. The highest BCUT2D eigenvalue weighted by molar-refractivity contribution is 9.10. The highest BCUT2D eigenvalue weighted by Crippen LogP contribution is 2.29. The van der Waals surface area contributed by atoms with E-state index in [1.54, 1.807) is 13.1 Å². The molecule has 0 N–H and O–H groups in total. The van der Waals surface area contributed by atoms with Gasteiger partial charge in [-0.05, 0) is 47.8 Å². The van der Waals surface area contributed by atoms with Gasteiger partial charge in [0.15, 0.2) is 0 Å². The summed E-state index contributed by atoms with van der Waals surface area (Å²) in [6.45, 7) is 7.59. The van der Waals surface area contributed by atoms with E-state index in [0.29, 0.717) is 5.57 Å². The molecule has 1 heterocycles. The average Bonchev–Trinajstić information content (AvgIpc) is 2.59. The van der Waals surface area contributed by atoms with Crippen LogP contribution in [0.4, 0.5) is 0 Å². The maximum atomic E-state index is 11.9. The van der Waals surface area contributed by atoms with Crippen LogP contribution in [0.2, 0.25) is 0 Å². The zero-order chi connectivity index (χ0) is 18.5. The summed E-state index contributed by atoms with van der Waals surface area (Å²) in [5, 5.41) is 0. The van der Waals surface area contributed by atoms with E-state index >= 15 is 0 Å². The fourth-order valence-electron chi connectivity index (χ4n) is 2.76. The summed E-state index contributed by atoms with van der Waals surface area (Å²) in [5.74, 6) is -0.349. The number of ether oxygens (including phenoxy) is 1. The van der Waals surface area contributed by atoms with E-state index in [-0.39, 0.29) is 12.1 Å². The molecule has 1 rings (SSSR count). The Morgan fingerprint density at radius 3 is 2.32 bits per heavy atom. The second-order valence-electron chi connectivity index (χ2n) is 6.66. The molecule has 1 aromatic rings. The third-order valence-corrected chi connectivity index (χ3v) is 4.93. The van der Waals surface area contributed by atoms with Gasteiger partial charge < -0.3 is 4.74 Å². The van der Waals surface area contributed by atoms with Crippen molar-refractivity contribution in [1.82, 2.24) is 4.98 Å². The van der Waals surface area contributed by atoms with Gasteiger partial charge in [-0.25, -0.2) is 4.79 Å². The lowest BCUT2D eigenvalue weighted by Crippen LogP contribution is -2.13. The molecule has 0 spiro atoms. The SMILES string of the molecule is C=C(C)C(=O)OC(CCCCCCCCCCC)c1ncccc1Br. The molecule has 3 nitrogen and oxygen atoms in total. The van der Waals surface area contributed by atoms with Crippen molar-refractivity contribution in [2.24, 2.45) is 0 Å². The highest BCUT2D eigenvalue weighted by Gasteiger charge is 2.20. The number of carbonyl (C=O) groups excluding carboxylic acids is 1. The zero-order valence-electron chi connectivity index (χ0n) is 15.7. The first kappa shape index (κ1) is 21.9. The van der Waals surface area contributed by atoms with Gasteiger partial charge in [-0.1, -0.05) is 64.9 Å². The molecule has 0 saturated heterocycles. The van der Waals surface area contributed by atoms with Crippen LogP contribution in [0.25, 0.3) is 0 Å². The Hall–Kier alpha value is -1.16. The van der Waals surface area contributed by atoms with Gasteiger partial charge in [0.2, 0.25) is 0 Å². The number of aromatic nitrogens is 1. The number of rotatable bonds is 13. The molecule has 0 aliphatic carbocycles. The van der Waals surface area contributed by atoms with Gasteiger partial charge in [-0.15, -0.1) is 0 Å². The zero-order valence-corrected chi connectivity index (χ0v) is 17.3. The van der Waals surface area contributed by atoms with Crippen LogP contribution in [0.15, 0.2) is 35.0 Å². The number of pyridine rings is 1. The largest absolute Gasteiger partial charge is 0.452 e. The molecule has 140 valence electrons. The fraction of sp³-hybridized carbons (Fsp3) is 0.619. The molecule has 0 aliphatic heterocycles. The number of halogens is 1. The monoisotopic (exact) mass is 409 g/mol. The van der Waals surface area contributed by atoms with Crippen LogP contribution in [-0.2, 0) is 9.53 Å². The molecule has 25 heavy (non-hydrogen) atoms. The summed E-state index contributed by atoms with van der Waals surface area (Å²) < 4.78 is 6.50. The second-order valence-corrected chi connectivity index (χ2v) is 7.52. The van der Waals surface area contributed by atoms with E-state index in [9.17, 15) is 4.79 Å². The minimum absolute atomic E-state index is 0.315. The lowest BCUT2D eigenvalue weighted by atomic mass is 10.0. The molecule has 0 aliphatic rings. The van der Waals surface area contributed by atoms with E-state index in [2.05, 4.69) is 34.4 Å². The number of unbranched alkanes of at least 4 members (excludes halogenated alkanes) is 8. The summed E-state index contributed by atoms with van der Waals surface area (Å²) >= 11 is 3.51. The third-order valence-electron chi connectivity index (χ3n) is 4.26. The Labute approximate surface area is 161 Å². The van der Waals surface area contributed by atoms with Crippen LogP contribution in [0.3, 0.4) is 0 Å². The van der Waals surface area contributed by atoms with E-state index in [4.69, 9.17) is 4.74 Å². The smallest absolute Gasteiger partial charge is 0.333 e. The number of esters is 1. The average molecular weight is 410 g/mol. The van der Waals surface area contributed by atoms with E-state index in [1.807, 2.05) is 12.1 Å². The third kappa shape index (κ3) is 9.20. The van der Waals surface area contributed by atoms with Crippen LogP contribution in [0.5, 0.6) is 0 Å². The first-order chi connectivity index (χ1) is 12.1. The summed E-state index contributed by atoms with van der Waals surface area (Å²) in [5.41, 5.74) is 1.21. The van der Waals surface area contributed by atoms with Crippen LogP contribution in [-0.4, -0.2) is 11.0 Å². The van der Waals surface area contributed by atoms with Crippen molar-refractivity contribution in [3.8, 4) is 0 Å². The Morgan fingerprint density at radius 2 is 1.76 bits per heavy atom. The van der Waals surface area contributed by atoms with Crippen molar-refractivity contribution >= 4 is 21.9 Å². The quantitative estimate of drug-likeness (QED) is 0.201. The van der Waals surface area contributed by atoms with Crippen molar-refractivity contribution in [2.75, 3.05) is 0 Å². The summed E-state index contributed by atoms with van der Waals surface area (Å²) in [7, 11) is 0. The maximum Gasteiger partial charge on any atom is 0.333 e. The van der Waals surface area contributed by atoms with E-state index in [0.717, 1.165) is 23.0 Å². The molecule has 0 aromatic carbocycles. The van der Waals surface area contributed by atoms with Gasteiger partial charge in [-0.3, -0.25) is 4.98 Å². The lowest BCUT2D eigenvalue weighted by molar-refractivity contribution is -0.145. The topological polar surface area (TPSA) is 39.2 Å². The molecular formula is C21H32BrNO2. The first-order valence-corrected chi connectivity index (χ1v) is 10.3. The summed E-state index contributed by atoms with van der Waals surface area (Å²) in [6, 6.07) is 3.80. The molecule has 4 heteroatoms. The highest BCUT2D eigenvalue weighted by atomic mass is 79.9. The molecule has 0 radical (unpaired) electrons. The van der Waals surface area contributed by atoms with Crippen LogP contribution >= 0.6 is 15.9 Å². The predicted molar refractivity (Wildman–Crippen MR) is 107 cm³/mol. The van der Waals surface area contributed by atoms with Crippen molar-refractivity contribution in [2.45, 2.75) is 84.2 Å². The van der Waals surface area contributed by atoms with Gasteiger partial charge >= 0.3 is 5.97 Å². The molecule has 0 bridgehead atoms. The maximum absolute atomic E-state index is 11.9. The Kier molecular flexibility index (Phi) is 11.5. The van der Waals surface area contributed by atoms with Crippen LogP contribution in [0, 0.1) is 0 Å².